The fourth-order valence-electron chi connectivity index (χ4n) is 14.0. The summed E-state index contributed by atoms with van der Waals surface area (Å²) in [4.78, 5) is 73.2. The van der Waals surface area contributed by atoms with Crippen molar-refractivity contribution in [1.29, 1.82) is 0 Å². The van der Waals surface area contributed by atoms with Crippen molar-refractivity contribution in [2.45, 2.75) is 502 Å². The Morgan fingerprint density at radius 3 is 0.657 bits per heavy atom. The third-order valence-electron chi connectivity index (χ3n) is 21.4. The van der Waals surface area contributed by atoms with E-state index in [2.05, 4.69) is 34.6 Å². The van der Waals surface area contributed by atoms with Crippen molar-refractivity contribution in [3.05, 3.63) is 0 Å². The molecule has 0 saturated carbocycles. The summed E-state index contributed by atoms with van der Waals surface area (Å²) in [6, 6.07) is 0. The standard InChI is InChI=1S/C89H174O17P2/c1-6-10-13-16-19-22-24-26-28-30-31-32-33-34-38-42-45-49-53-58-63-68-73-87(92)100-79-85(106-89(94)75-70-65-60-55-51-47-43-39-36-35-37-40-44-48-52-56-61-66-71-82(5)9-4)81-104-108(97,98)102-77-83(90)76-101-107(95,96)103-80-84(78-99-86(91)72-67-62-57-21-18-15-12-8-3)105-88(93)74-69-64-59-54-50-46-41-29-27-25-23-20-17-14-11-7-2/h82-85,90H,6-81H2,1-5H3,(H,95,96)(H,97,98)/t82?,83-,84+,85+/m0/s1. The zero-order valence-electron chi connectivity index (χ0n) is 71.0. The van der Waals surface area contributed by atoms with E-state index in [1.54, 1.807) is 0 Å². The summed E-state index contributed by atoms with van der Waals surface area (Å²) in [5, 5.41) is 10.7. The van der Waals surface area contributed by atoms with E-state index < -0.39 is 97.5 Å². The number of ether oxygens (including phenoxy) is 4. The fraction of sp³-hybridized carbons (Fsp3) is 0.955. The summed E-state index contributed by atoms with van der Waals surface area (Å²) >= 11 is 0. The lowest BCUT2D eigenvalue weighted by molar-refractivity contribution is -0.161. The van der Waals surface area contributed by atoms with Crippen molar-refractivity contribution >= 4 is 39.5 Å². The zero-order chi connectivity index (χ0) is 79.0. The monoisotopic (exact) mass is 1580 g/mol. The number of carbonyl (C=O) groups excluding carboxylic acids is 4. The molecule has 108 heavy (non-hydrogen) atoms. The Hall–Kier alpha value is -1.94. The molecule has 0 radical (unpaired) electrons. The van der Waals surface area contributed by atoms with Gasteiger partial charge in [-0.2, -0.15) is 0 Å². The van der Waals surface area contributed by atoms with Crippen LogP contribution in [0.2, 0.25) is 0 Å². The van der Waals surface area contributed by atoms with E-state index in [4.69, 9.17) is 37.0 Å². The number of aliphatic hydroxyl groups excluding tert-OH is 1. The largest absolute Gasteiger partial charge is 0.472 e. The van der Waals surface area contributed by atoms with Crippen molar-refractivity contribution in [2.24, 2.45) is 5.92 Å². The maximum Gasteiger partial charge on any atom is 0.472 e. The molecule has 3 N–H and O–H groups in total. The van der Waals surface area contributed by atoms with E-state index in [0.717, 1.165) is 95.8 Å². The predicted molar refractivity (Wildman–Crippen MR) is 446 cm³/mol. The third kappa shape index (κ3) is 80.7. The summed E-state index contributed by atoms with van der Waals surface area (Å²) < 4.78 is 68.9. The molecule has 0 aliphatic heterocycles. The van der Waals surface area contributed by atoms with Crippen molar-refractivity contribution in [2.75, 3.05) is 39.6 Å². The van der Waals surface area contributed by atoms with Crippen molar-refractivity contribution < 1.29 is 80.2 Å². The van der Waals surface area contributed by atoms with Gasteiger partial charge >= 0.3 is 39.5 Å². The van der Waals surface area contributed by atoms with Crippen LogP contribution in [0.15, 0.2) is 0 Å². The highest BCUT2D eigenvalue weighted by Gasteiger charge is 2.31. The summed E-state index contributed by atoms with van der Waals surface area (Å²) in [7, 11) is -9.93. The third-order valence-corrected chi connectivity index (χ3v) is 23.3. The van der Waals surface area contributed by atoms with E-state index in [-0.39, 0.29) is 25.7 Å². The summed E-state index contributed by atoms with van der Waals surface area (Å²) in [6.45, 7) is 7.42. The number of hydrogen-bond acceptors (Lipinski definition) is 15. The van der Waals surface area contributed by atoms with Crippen LogP contribution in [-0.2, 0) is 65.4 Å². The van der Waals surface area contributed by atoms with Crippen molar-refractivity contribution in [3.8, 4) is 0 Å². The number of phosphoric ester groups is 2. The number of aliphatic hydroxyl groups is 1. The molecule has 0 rings (SSSR count). The smallest absolute Gasteiger partial charge is 0.462 e. The van der Waals surface area contributed by atoms with Gasteiger partial charge in [0, 0.05) is 25.7 Å². The zero-order valence-corrected chi connectivity index (χ0v) is 72.8. The molecule has 6 atom stereocenters. The van der Waals surface area contributed by atoms with Gasteiger partial charge in [-0.1, -0.05) is 433 Å². The summed E-state index contributed by atoms with van der Waals surface area (Å²) in [5.41, 5.74) is 0. The van der Waals surface area contributed by atoms with Crippen LogP contribution >= 0.6 is 15.6 Å². The first-order valence-electron chi connectivity index (χ1n) is 46.2. The van der Waals surface area contributed by atoms with Crippen molar-refractivity contribution in [1.82, 2.24) is 0 Å². The van der Waals surface area contributed by atoms with E-state index in [9.17, 15) is 43.2 Å². The highest BCUT2D eigenvalue weighted by Crippen LogP contribution is 2.45. The first-order chi connectivity index (χ1) is 52.6. The second kappa shape index (κ2) is 81.6. The van der Waals surface area contributed by atoms with E-state index in [0.29, 0.717) is 25.7 Å². The maximum absolute atomic E-state index is 13.2. The summed E-state index contributed by atoms with van der Waals surface area (Å²) in [6.07, 6.45) is 76.6. The molecular formula is C89H174O17P2. The van der Waals surface area contributed by atoms with Crippen LogP contribution in [0.25, 0.3) is 0 Å². The fourth-order valence-corrected chi connectivity index (χ4v) is 15.5. The molecule has 0 heterocycles. The van der Waals surface area contributed by atoms with Gasteiger partial charge in [0.15, 0.2) is 12.2 Å². The lowest BCUT2D eigenvalue weighted by Gasteiger charge is -2.21. The number of hydrogen-bond donors (Lipinski definition) is 3. The van der Waals surface area contributed by atoms with E-state index in [1.165, 1.54) is 308 Å². The minimum absolute atomic E-state index is 0.109. The quantitative estimate of drug-likeness (QED) is 0.0222. The van der Waals surface area contributed by atoms with Gasteiger partial charge in [0.25, 0.3) is 0 Å². The van der Waals surface area contributed by atoms with Gasteiger partial charge in [-0.3, -0.25) is 37.3 Å². The van der Waals surface area contributed by atoms with Crippen LogP contribution in [0, 0.1) is 5.92 Å². The minimum Gasteiger partial charge on any atom is -0.462 e. The second-order valence-corrected chi connectivity index (χ2v) is 35.1. The predicted octanol–water partition coefficient (Wildman–Crippen LogP) is 27.5. The van der Waals surface area contributed by atoms with Gasteiger partial charge in [-0.25, -0.2) is 9.13 Å². The van der Waals surface area contributed by atoms with E-state index >= 15 is 0 Å². The Balaban J connectivity index is 5.17. The molecule has 0 saturated heterocycles. The van der Waals surface area contributed by atoms with Crippen LogP contribution in [0.3, 0.4) is 0 Å². The number of phosphoric acid groups is 2. The normalized spacial score (nSPS) is 14.0. The molecule has 0 amide bonds. The molecular weight excluding hydrogens is 1400 g/mol. The van der Waals surface area contributed by atoms with Gasteiger partial charge in [0.1, 0.15) is 19.3 Å². The second-order valence-electron chi connectivity index (χ2n) is 32.2. The molecule has 0 fully saturated rings. The highest BCUT2D eigenvalue weighted by molar-refractivity contribution is 7.47. The molecule has 19 heteroatoms. The molecule has 3 unspecified atom stereocenters. The van der Waals surface area contributed by atoms with Crippen LogP contribution in [0.5, 0.6) is 0 Å². The molecule has 642 valence electrons. The Labute approximate surface area is 664 Å². The highest BCUT2D eigenvalue weighted by atomic mass is 31.2. The lowest BCUT2D eigenvalue weighted by atomic mass is 9.99. The molecule has 0 aliphatic rings. The Morgan fingerprint density at radius 1 is 0.259 bits per heavy atom. The molecule has 0 aromatic heterocycles. The average Bonchev–Trinajstić information content (AvgIpc) is 0.899. The van der Waals surface area contributed by atoms with Crippen LogP contribution in [0.4, 0.5) is 0 Å². The molecule has 0 aromatic rings. The van der Waals surface area contributed by atoms with Gasteiger partial charge in [0.2, 0.25) is 0 Å². The first-order valence-corrected chi connectivity index (χ1v) is 49.2. The van der Waals surface area contributed by atoms with Gasteiger partial charge in [-0.05, 0) is 31.6 Å². The molecule has 0 bridgehead atoms. The van der Waals surface area contributed by atoms with Crippen LogP contribution in [-0.4, -0.2) is 96.7 Å². The first kappa shape index (κ1) is 106. The number of unbranched alkanes of at least 4 members (excludes halogenated alkanes) is 60. The molecule has 17 nitrogen and oxygen atoms in total. The molecule has 0 spiro atoms. The van der Waals surface area contributed by atoms with Crippen molar-refractivity contribution in [3.63, 3.8) is 0 Å². The Morgan fingerprint density at radius 2 is 0.444 bits per heavy atom. The minimum atomic E-state index is -4.97. The number of esters is 4. The maximum atomic E-state index is 13.2. The molecule has 0 aromatic carbocycles. The van der Waals surface area contributed by atoms with Gasteiger partial charge in [0.05, 0.1) is 26.4 Å². The Kier molecular flexibility index (Phi) is 80.2. The van der Waals surface area contributed by atoms with Gasteiger partial charge < -0.3 is 33.8 Å². The molecule has 0 aliphatic carbocycles. The van der Waals surface area contributed by atoms with Gasteiger partial charge in [-0.15, -0.1) is 0 Å². The van der Waals surface area contributed by atoms with Crippen LogP contribution < -0.4 is 0 Å². The number of carbonyl (C=O) groups is 4. The topological polar surface area (TPSA) is 237 Å². The van der Waals surface area contributed by atoms with Crippen LogP contribution in [0.1, 0.15) is 484 Å². The summed E-state index contributed by atoms with van der Waals surface area (Å²) in [5.74, 6) is -1.23. The SMILES string of the molecule is CCCCCCCCCCCCCCCCCCCCCCCCC(=O)OC[C@H](COP(=O)(O)OC[C@@H](O)COP(=O)(O)OC[C@@H](COC(=O)CCCCCCCCCC)OC(=O)CCCCCCCCCCCCCCCCCC)OC(=O)CCCCCCCCCCCCCCCCCCCCC(C)CC. The lowest BCUT2D eigenvalue weighted by Crippen LogP contribution is -2.30. The average molecular weight is 1580 g/mol. The Bertz CT molecular complexity index is 2050. The number of rotatable bonds is 89. The van der Waals surface area contributed by atoms with E-state index in [1.807, 2.05) is 0 Å².